The van der Waals surface area contributed by atoms with Crippen molar-refractivity contribution < 1.29 is 14.2 Å². The molecule has 1 fully saturated rings. The van der Waals surface area contributed by atoms with Gasteiger partial charge < -0.3 is 29.4 Å². The van der Waals surface area contributed by atoms with Gasteiger partial charge in [-0.3, -0.25) is 0 Å². The van der Waals surface area contributed by atoms with E-state index in [-0.39, 0.29) is 12.4 Å². The van der Waals surface area contributed by atoms with E-state index in [9.17, 15) is 0 Å². The number of H-pyrrole nitrogens is 1. The highest BCUT2D eigenvalue weighted by Crippen LogP contribution is 2.36. The molecule has 1 aliphatic rings. The van der Waals surface area contributed by atoms with Gasteiger partial charge in [-0.1, -0.05) is 41.9 Å². The van der Waals surface area contributed by atoms with Gasteiger partial charge in [-0.05, 0) is 99.1 Å². The van der Waals surface area contributed by atoms with E-state index >= 15 is 0 Å². The maximum Gasteiger partial charge on any atom is 0.232 e. The van der Waals surface area contributed by atoms with E-state index in [0.717, 1.165) is 63.5 Å². The van der Waals surface area contributed by atoms with Gasteiger partial charge in [0, 0.05) is 43.2 Å². The van der Waals surface area contributed by atoms with Gasteiger partial charge in [0.15, 0.2) is 0 Å². The van der Waals surface area contributed by atoms with E-state index in [0.29, 0.717) is 48.5 Å². The minimum Gasteiger partial charge on any atom is -0.493 e. The van der Waals surface area contributed by atoms with Gasteiger partial charge in [-0.25, -0.2) is 15.0 Å². The molecule has 51 heavy (non-hydrogen) atoms. The standard InChI is InChI=1S/C40H44ClN7O3/c1-27-30(9-6-10-33(27)34-11-7-12-37(28(34)2)49-18-8-17-48-15-4-5-16-48)24-50-39-20-38(51-25-36-29(3)45-26-46-36)31(19-35(39)41)22-43-23-32-13-14-44-40(21-42)47-32/h6-7,9-14,19-20,26,43H,4-5,8,15-18,22-25H2,1-3H3,(H,45,46). The number of ether oxygens (including phenoxy) is 3. The molecular weight excluding hydrogens is 662 g/mol. The van der Waals surface area contributed by atoms with Crippen LogP contribution in [-0.2, 0) is 26.3 Å². The van der Waals surface area contributed by atoms with Crippen LogP contribution >= 0.6 is 11.6 Å². The van der Waals surface area contributed by atoms with Crippen LogP contribution in [0, 0.1) is 32.1 Å². The van der Waals surface area contributed by atoms with E-state index in [4.69, 9.17) is 31.1 Å². The number of nitriles is 1. The number of aromatic amines is 1. The van der Waals surface area contributed by atoms with Crippen LogP contribution in [0.15, 0.2) is 67.1 Å². The molecule has 5 aromatic rings. The van der Waals surface area contributed by atoms with E-state index in [1.165, 1.54) is 25.9 Å². The van der Waals surface area contributed by atoms with Gasteiger partial charge in [-0.15, -0.1) is 0 Å². The van der Waals surface area contributed by atoms with Crippen LogP contribution < -0.4 is 19.5 Å². The molecule has 0 saturated carbocycles. The molecule has 3 heterocycles. The minimum absolute atomic E-state index is 0.134. The Morgan fingerprint density at radius 3 is 2.43 bits per heavy atom. The molecule has 1 aliphatic heterocycles. The minimum atomic E-state index is 0.134. The molecule has 0 unspecified atom stereocenters. The molecule has 11 heteroatoms. The molecule has 0 aliphatic carbocycles. The average molecular weight is 706 g/mol. The highest BCUT2D eigenvalue weighted by atomic mass is 35.5. The third-order valence-corrected chi connectivity index (χ3v) is 9.62. The van der Waals surface area contributed by atoms with Crippen LogP contribution in [0.4, 0.5) is 0 Å². The summed E-state index contributed by atoms with van der Waals surface area (Å²) in [5, 5.41) is 13.0. The second-order valence-electron chi connectivity index (χ2n) is 12.8. The fraction of sp³-hybridized carbons (Fsp3) is 0.350. The molecule has 0 spiro atoms. The van der Waals surface area contributed by atoms with Gasteiger partial charge in [0.25, 0.3) is 0 Å². The summed E-state index contributed by atoms with van der Waals surface area (Å²) in [6.07, 6.45) is 6.88. The molecule has 2 aromatic heterocycles. The summed E-state index contributed by atoms with van der Waals surface area (Å²) in [6, 6.07) is 20.0. The molecule has 0 bridgehead atoms. The SMILES string of the molecule is Cc1[nH]cnc1COc1cc(OCc2cccc(-c3cccc(OCCCN4CCCC4)c3C)c2C)c(Cl)cc1CNCc1ccnc(C#N)n1. The van der Waals surface area contributed by atoms with Crippen molar-refractivity contribution in [3.8, 4) is 34.4 Å². The first-order valence-electron chi connectivity index (χ1n) is 17.4. The number of hydrogen-bond donors (Lipinski definition) is 2. The quantitative estimate of drug-likeness (QED) is 0.0999. The van der Waals surface area contributed by atoms with Crippen LogP contribution in [0.1, 0.15) is 64.4 Å². The van der Waals surface area contributed by atoms with Crippen LogP contribution in [0.3, 0.4) is 0 Å². The van der Waals surface area contributed by atoms with Gasteiger partial charge in [-0.2, -0.15) is 5.26 Å². The van der Waals surface area contributed by atoms with E-state index < -0.39 is 0 Å². The Bertz CT molecular complexity index is 1980. The van der Waals surface area contributed by atoms with Crippen LogP contribution in [0.25, 0.3) is 11.1 Å². The molecule has 0 amide bonds. The number of hydrogen-bond acceptors (Lipinski definition) is 9. The zero-order chi connectivity index (χ0) is 35.6. The first-order chi connectivity index (χ1) is 24.9. The van der Waals surface area contributed by atoms with Crippen molar-refractivity contribution >= 4 is 11.6 Å². The Morgan fingerprint density at radius 1 is 0.863 bits per heavy atom. The van der Waals surface area contributed by atoms with Crippen molar-refractivity contribution in [1.29, 1.82) is 5.26 Å². The number of imidazole rings is 1. The number of likely N-dealkylation sites (tertiary alicyclic amines) is 1. The maximum atomic E-state index is 9.14. The molecule has 3 aromatic carbocycles. The predicted molar refractivity (Wildman–Crippen MR) is 198 cm³/mol. The highest BCUT2D eigenvalue weighted by Gasteiger charge is 2.16. The van der Waals surface area contributed by atoms with Crippen molar-refractivity contribution in [2.24, 2.45) is 0 Å². The largest absolute Gasteiger partial charge is 0.493 e. The molecule has 6 rings (SSSR count). The number of nitrogens with zero attached hydrogens (tertiary/aromatic N) is 5. The van der Waals surface area contributed by atoms with Crippen molar-refractivity contribution in [2.45, 2.75) is 66.3 Å². The lowest BCUT2D eigenvalue weighted by Gasteiger charge is -2.18. The molecule has 1 saturated heterocycles. The molecule has 10 nitrogen and oxygen atoms in total. The highest BCUT2D eigenvalue weighted by molar-refractivity contribution is 6.32. The van der Waals surface area contributed by atoms with Gasteiger partial charge in [0.2, 0.25) is 5.82 Å². The van der Waals surface area contributed by atoms with Crippen LogP contribution in [-0.4, -0.2) is 51.1 Å². The summed E-state index contributed by atoms with van der Waals surface area (Å²) in [6.45, 7) is 11.9. The van der Waals surface area contributed by atoms with Crippen LogP contribution in [0.5, 0.6) is 17.2 Å². The number of aromatic nitrogens is 4. The Morgan fingerprint density at radius 2 is 1.65 bits per heavy atom. The number of rotatable bonds is 16. The smallest absolute Gasteiger partial charge is 0.232 e. The molecule has 0 atom stereocenters. The van der Waals surface area contributed by atoms with Crippen molar-refractivity contribution in [1.82, 2.24) is 30.2 Å². The predicted octanol–water partition coefficient (Wildman–Crippen LogP) is 7.63. The third-order valence-electron chi connectivity index (χ3n) is 9.33. The fourth-order valence-electron chi connectivity index (χ4n) is 6.34. The van der Waals surface area contributed by atoms with Crippen molar-refractivity contribution in [3.63, 3.8) is 0 Å². The first kappa shape index (κ1) is 35.9. The lowest BCUT2D eigenvalue weighted by molar-refractivity contribution is 0.262. The van der Waals surface area contributed by atoms with Crippen molar-refractivity contribution in [3.05, 3.63) is 117 Å². The van der Waals surface area contributed by atoms with E-state index in [2.05, 4.69) is 80.4 Å². The summed E-state index contributed by atoms with van der Waals surface area (Å²) < 4.78 is 18.9. The lowest BCUT2D eigenvalue weighted by Crippen LogP contribution is -2.22. The second-order valence-corrected chi connectivity index (χ2v) is 13.2. The summed E-state index contributed by atoms with van der Waals surface area (Å²) >= 11 is 6.82. The normalized spacial score (nSPS) is 12.9. The number of benzene rings is 3. The Kier molecular flexibility index (Phi) is 12.2. The Balaban J connectivity index is 1.15. The summed E-state index contributed by atoms with van der Waals surface area (Å²) in [7, 11) is 0. The number of aryl methyl sites for hydroxylation is 1. The third kappa shape index (κ3) is 9.24. The van der Waals surface area contributed by atoms with Gasteiger partial charge >= 0.3 is 0 Å². The average Bonchev–Trinajstić information content (AvgIpc) is 3.82. The van der Waals surface area contributed by atoms with Crippen LogP contribution in [0.2, 0.25) is 5.02 Å². The summed E-state index contributed by atoms with van der Waals surface area (Å²) in [5.74, 6) is 2.21. The Hall–Kier alpha value is -4.95. The maximum absolute atomic E-state index is 9.14. The Labute approximate surface area is 304 Å². The molecule has 264 valence electrons. The first-order valence-corrected chi connectivity index (χ1v) is 17.8. The van der Waals surface area contributed by atoms with Gasteiger partial charge in [0.05, 0.1) is 29.3 Å². The van der Waals surface area contributed by atoms with E-state index in [1.807, 2.05) is 25.1 Å². The molecule has 0 radical (unpaired) electrons. The monoisotopic (exact) mass is 705 g/mol. The van der Waals surface area contributed by atoms with Gasteiger partial charge in [0.1, 0.15) is 36.5 Å². The zero-order valence-electron chi connectivity index (χ0n) is 29.5. The lowest BCUT2D eigenvalue weighted by atomic mass is 9.93. The summed E-state index contributed by atoms with van der Waals surface area (Å²) in [4.78, 5) is 18.2. The fourth-order valence-corrected chi connectivity index (χ4v) is 6.58. The second kappa shape index (κ2) is 17.3. The number of nitrogens with one attached hydrogen (secondary N) is 2. The number of halogens is 1. The van der Waals surface area contributed by atoms with Crippen molar-refractivity contribution in [2.75, 3.05) is 26.2 Å². The molecular formula is C40H44ClN7O3. The molecule has 2 N–H and O–H groups in total. The van der Waals surface area contributed by atoms with E-state index in [1.54, 1.807) is 18.6 Å². The summed E-state index contributed by atoms with van der Waals surface area (Å²) in [5.41, 5.74) is 8.94. The zero-order valence-corrected chi connectivity index (χ0v) is 30.2. The topological polar surface area (TPSA) is 121 Å².